The molecule has 1 amide bonds. The van der Waals surface area contributed by atoms with E-state index >= 15 is 0 Å². The Morgan fingerprint density at radius 1 is 1.40 bits per heavy atom. The van der Waals surface area contributed by atoms with Crippen molar-refractivity contribution in [3.05, 3.63) is 34.3 Å². The van der Waals surface area contributed by atoms with Gasteiger partial charge in [-0.1, -0.05) is 15.9 Å². The van der Waals surface area contributed by atoms with Gasteiger partial charge in [-0.15, -0.1) is 0 Å². The topological polar surface area (TPSA) is 20.3 Å². The minimum Gasteiger partial charge on any atom is -0.336 e. The van der Waals surface area contributed by atoms with Crippen molar-refractivity contribution in [3.63, 3.8) is 0 Å². The second kappa shape index (κ2) is 4.35. The van der Waals surface area contributed by atoms with Crippen LogP contribution in [0.15, 0.2) is 28.7 Å². The summed E-state index contributed by atoms with van der Waals surface area (Å²) in [6.07, 6.45) is 2.33. The van der Waals surface area contributed by atoms with E-state index in [0.717, 1.165) is 29.4 Å². The van der Waals surface area contributed by atoms with Crippen LogP contribution in [0, 0.1) is 0 Å². The summed E-state index contributed by atoms with van der Waals surface area (Å²) in [6, 6.07) is 8.06. The van der Waals surface area contributed by atoms with Crippen LogP contribution in [0.1, 0.15) is 30.1 Å². The van der Waals surface area contributed by atoms with Crippen molar-refractivity contribution in [2.75, 3.05) is 6.54 Å². The quantitative estimate of drug-likeness (QED) is 0.825. The van der Waals surface area contributed by atoms with Gasteiger partial charge in [0.25, 0.3) is 5.91 Å². The summed E-state index contributed by atoms with van der Waals surface area (Å²) < 4.78 is 1.01. The van der Waals surface area contributed by atoms with Crippen LogP contribution in [0.2, 0.25) is 0 Å². The third kappa shape index (κ3) is 2.40. The third-order valence-corrected chi connectivity index (χ3v) is 3.21. The fraction of sp³-hybridized carbons (Fsp3) is 0.417. The van der Waals surface area contributed by atoms with E-state index in [0.29, 0.717) is 6.04 Å². The standard InChI is InChI=1S/C12H14BrNO/c1-2-14(11-7-8-11)12(15)9-3-5-10(13)6-4-9/h3-6,11H,2,7-8H2,1H3. The van der Waals surface area contributed by atoms with Crippen LogP contribution in [0.4, 0.5) is 0 Å². The lowest BCUT2D eigenvalue weighted by atomic mass is 10.2. The molecule has 0 unspecified atom stereocenters. The molecule has 80 valence electrons. The Balaban J connectivity index is 2.15. The Kier molecular flexibility index (Phi) is 3.10. The van der Waals surface area contributed by atoms with Crippen LogP contribution in [0.25, 0.3) is 0 Å². The van der Waals surface area contributed by atoms with Crippen molar-refractivity contribution in [1.82, 2.24) is 4.90 Å². The van der Waals surface area contributed by atoms with Crippen molar-refractivity contribution < 1.29 is 4.79 Å². The summed E-state index contributed by atoms with van der Waals surface area (Å²) in [5.41, 5.74) is 0.784. The number of hydrogen-bond acceptors (Lipinski definition) is 1. The Morgan fingerprint density at radius 2 is 2.00 bits per heavy atom. The van der Waals surface area contributed by atoms with Crippen LogP contribution in [0.3, 0.4) is 0 Å². The molecule has 0 aliphatic heterocycles. The fourth-order valence-corrected chi connectivity index (χ4v) is 1.98. The number of amides is 1. The maximum Gasteiger partial charge on any atom is 0.254 e. The molecule has 0 heterocycles. The minimum atomic E-state index is 0.160. The van der Waals surface area contributed by atoms with Gasteiger partial charge in [0.05, 0.1) is 0 Å². The normalized spacial score (nSPS) is 15.1. The lowest BCUT2D eigenvalue weighted by Crippen LogP contribution is -2.32. The van der Waals surface area contributed by atoms with Gasteiger partial charge in [0.15, 0.2) is 0 Å². The molecular weight excluding hydrogens is 254 g/mol. The van der Waals surface area contributed by atoms with Crippen LogP contribution in [-0.2, 0) is 0 Å². The Labute approximate surface area is 98.4 Å². The van der Waals surface area contributed by atoms with Crippen molar-refractivity contribution in [2.45, 2.75) is 25.8 Å². The summed E-state index contributed by atoms with van der Waals surface area (Å²) in [6.45, 7) is 2.84. The number of hydrogen-bond donors (Lipinski definition) is 0. The van der Waals surface area contributed by atoms with Gasteiger partial charge in [0, 0.05) is 22.6 Å². The molecule has 1 fully saturated rings. The molecule has 2 nitrogen and oxygen atoms in total. The van der Waals surface area contributed by atoms with Crippen LogP contribution in [0.5, 0.6) is 0 Å². The first-order chi connectivity index (χ1) is 7.22. The maximum absolute atomic E-state index is 12.1. The molecule has 0 bridgehead atoms. The first-order valence-electron chi connectivity index (χ1n) is 5.29. The molecule has 1 aromatic carbocycles. The molecular formula is C12H14BrNO. The lowest BCUT2D eigenvalue weighted by molar-refractivity contribution is 0.0752. The number of nitrogens with zero attached hydrogens (tertiary/aromatic N) is 1. The summed E-state index contributed by atoms with van der Waals surface area (Å²) in [5, 5.41) is 0. The third-order valence-electron chi connectivity index (χ3n) is 2.68. The smallest absolute Gasteiger partial charge is 0.254 e. The zero-order valence-corrected chi connectivity index (χ0v) is 10.3. The monoisotopic (exact) mass is 267 g/mol. The molecule has 1 aliphatic carbocycles. The predicted molar refractivity (Wildman–Crippen MR) is 63.9 cm³/mol. The van der Waals surface area contributed by atoms with E-state index in [1.807, 2.05) is 36.1 Å². The molecule has 2 rings (SSSR count). The SMILES string of the molecule is CCN(C(=O)c1ccc(Br)cc1)C1CC1. The Hall–Kier alpha value is -0.830. The summed E-state index contributed by atoms with van der Waals surface area (Å²) in [4.78, 5) is 14.0. The second-order valence-electron chi connectivity index (χ2n) is 3.83. The van der Waals surface area contributed by atoms with Gasteiger partial charge in [-0.2, -0.15) is 0 Å². The average Bonchev–Trinajstić information content (AvgIpc) is 3.04. The van der Waals surface area contributed by atoms with Crippen LogP contribution >= 0.6 is 15.9 Å². The molecule has 1 saturated carbocycles. The highest BCUT2D eigenvalue weighted by atomic mass is 79.9. The number of benzene rings is 1. The van der Waals surface area contributed by atoms with E-state index < -0.39 is 0 Å². The first-order valence-corrected chi connectivity index (χ1v) is 6.08. The zero-order valence-electron chi connectivity index (χ0n) is 8.74. The van der Waals surface area contributed by atoms with E-state index in [2.05, 4.69) is 15.9 Å². The molecule has 0 N–H and O–H groups in total. The summed E-state index contributed by atoms with van der Waals surface area (Å²) >= 11 is 3.37. The van der Waals surface area contributed by atoms with Gasteiger partial charge in [-0.05, 0) is 44.0 Å². The second-order valence-corrected chi connectivity index (χ2v) is 4.74. The summed E-state index contributed by atoms with van der Waals surface area (Å²) in [5.74, 6) is 0.160. The van der Waals surface area contributed by atoms with Gasteiger partial charge in [0.2, 0.25) is 0 Å². The van der Waals surface area contributed by atoms with Crippen LogP contribution in [-0.4, -0.2) is 23.4 Å². The largest absolute Gasteiger partial charge is 0.336 e. The number of carbonyl (C=O) groups excluding carboxylic acids is 1. The van der Waals surface area contributed by atoms with Crippen molar-refractivity contribution in [2.24, 2.45) is 0 Å². The van der Waals surface area contributed by atoms with E-state index in [1.54, 1.807) is 0 Å². The van der Waals surface area contributed by atoms with E-state index in [1.165, 1.54) is 0 Å². The van der Waals surface area contributed by atoms with Crippen molar-refractivity contribution >= 4 is 21.8 Å². The van der Waals surface area contributed by atoms with Gasteiger partial charge in [-0.25, -0.2) is 0 Å². The molecule has 1 aromatic rings. The fourth-order valence-electron chi connectivity index (χ4n) is 1.71. The van der Waals surface area contributed by atoms with E-state index in [9.17, 15) is 4.79 Å². The van der Waals surface area contributed by atoms with E-state index in [4.69, 9.17) is 0 Å². The number of carbonyl (C=O) groups is 1. The van der Waals surface area contributed by atoms with Crippen LogP contribution < -0.4 is 0 Å². The summed E-state index contributed by atoms with van der Waals surface area (Å²) in [7, 11) is 0. The van der Waals surface area contributed by atoms with E-state index in [-0.39, 0.29) is 5.91 Å². The van der Waals surface area contributed by atoms with Gasteiger partial charge >= 0.3 is 0 Å². The highest BCUT2D eigenvalue weighted by molar-refractivity contribution is 9.10. The van der Waals surface area contributed by atoms with Crippen molar-refractivity contribution in [3.8, 4) is 0 Å². The molecule has 0 atom stereocenters. The predicted octanol–water partition coefficient (Wildman–Crippen LogP) is 3.07. The highest BCUT2D eigenvalue weighted by Crippen LogP contribution is 2.28. The zero-order chi connectivity index (χ0) is 10.8. The number of halogens is 1. The lowest BCUT2D eigenvalue weighted by Gasteiger charge is -2.20. The first kappa shape index (κ1) is 10.7. The molecule has 0 aromatic heterocycles. The Morgan fingerprint density at radius 3 is 2.47 bits per heavy atom. The molecule has 15 heavy (non-hydrogen) atoms. The number of rotatable bonds is 3. The highest BCUT2D eigenvalue weighted by Gasteiger charge is 2.31. The van der Waals surface area contributed by atoms with Gasteiger partial charge < -0.3 is 4.90 Å². The van der Waals surface area contributed by atoms with Gasteiger partial charge in [0.1, 0.15) is 0 Å². The average molecular weight is 268 g/mol. The maximum atomic E-state index is 12.1. The minimum absolute atomic E-state index is 0.160. The Bertz CT molecular complexity index is 356. The molecule has 0 saturated heterocycles. The van der Waals surface area contributed by atoms with Gasteiger partial charge in [-0.3, -0.25) is 4.79 Å². The van der Waals surface area contributed by atoms with Crippen molar-refractivity contribution in [1.29, 1.82) is 0 Å². The molecule has 1 aliphatic rings. The molecule has 0 spiro atoms. The molecule has 3 heteroatoms. The molecule has 0 radical (unpaired) electrons.